The number of hydrogen-bond acceptors (Lipinski definition) is 6. The minimum atomic E-state index is -4.55. The highest BCUT2D eigenvalue weighted by atomic mass is 19.4. The number of nitrogens with zero attached hydrogens (tertiary/aromatic N) is 5. The zero-order valence-electron chi connectivity index (χ0n) is 17.4. The molecule has 4 aromatic rings. The Labute approximate surface area is 182 Å². The molecule has 32 heavy (non-hydrogen) atoms. The smallest absolute Gasteiger partial charge is 0.338 e. The topological polar surface area (TPSA) is 82.6 Å². The number of halogens is 3. The number of benzene rings is 1. The van der Waals surface area contributed by atoms with Gasteiger partial charge in [0.2, 0.25) is 0 Å². The van der Waals surface area contributed by atoms with Crippen molar-refractivity contribution >= 4 is 22.4 Å². The van der Waals surface area contributed by atoms with E-state index < -0.39 is 11.9 Å². The van der Waals surface area contributed by atoms with Crippen molar-refractivity contribution in [2.24, 2.45) is 0 Å². The summed E-state index contributed by atoms with van der Waals surface area (Å²) in [6.07, 6.45) is 0.767. The first kappa shape index (κ1) is 21.4. The Hall–Kier alpha value is -3.79. The molecule has 3 heterocycles. The highest BCUT2D eigenvalue weighted by molar-refractivity contribution is 5.94. The van der Waals surface area contributed by atoms with Crippen molar-refractivity contribution < 1.29 is 13.2 Å². The largest absolute Gasteiger partial charge is 0.434 e. The molecule has 164 valence electrons. The van der Waals surface area contributed by atoms with E-state index in [1.807, 2.05) is 38.5 Å². The van der Waals surface area contributed by atoms with E-state index in [4.69, 9.17) is 0 Å². The minimum absolute atomic E-state index is 0.135. The van der Waals surface area contributed by atoms with Gasteiger partial charge in [-0.15, -0.1) is 0 Å². The molecule has 0 aliphatic heterocycles. The van der Waals surface area contributed by atoms with Crippen LogP contribution < -0.4 is 5.32 Å². The van der Waals surface area contributed by atoms with Crippen LogP contribution in [0.1, 0.15) is 17.0 Å². The van der Waals surface area contributed by atoms with Crippen LogP contribution in [-0.4, -0.2) is 44.1 Å². The van der Waals surface area contributed by atoms with Crippen molar-refractivity contribution in [3.05, 3.63) is 72.6 Å². The van der Waals surface area contributed by atoms with Gasteiger partial charge < -0.3 is 10.2 Å². The van der Waals surface area contributed by atoms with Crippen LogP contribution in [0.15, 0.2) is 55.6 Å². The van der Waals surface area contributed by atoms with Crippen LogP contribution in [0.2, 0.25) is 0 Å². The van der Waals surface area contributed by atoms with E-state index in [-0.39, 0.29) is 5.82 Å². The van der Waals surface area contributed by atoms with Crippen molar-refractivity contribution in [3.8, 4) is 11.1 Å². The van der Waals surface area contributed by atoms with Gasteiger partial charge in [-0.25, -0.2) is 9.97 Å². The molecule has 2 N–H and O–H groups in total. The van der Waals surface area contributed by atoms with Gasteiger partial charge in [0, 0.05) is 29.9 Å². The molecule has 10 heteroatoms. The van der Waals surface area contributed by atoms with Gasteiger partial charge in [0.05, 0.1) is 23.6 Å². The van der Waals surface area contributed by atoms with E-state index in [0.717, 1.165) is 40.3 Å². The molecule has 7 nitrogen and oxygen atoms in total. The summed E-state index contributed by atoms with van der Waals surface area (Å²) in [5.41, 5.74) is 3.65. The highest BCUT2D eigenvalue weighted by Crippen LogP contribution is 2.30. The number of H-pyrrole nitrogens is 1. The van der Waals surface area contributed by atoms with E-state index in [0.29, 0.717) is 17.6 Å². The predicted octanol–water partition coefficient (Wildman–Crippen LogP) is 4.58. The number of nitrogens with one attached hydrogen (secondary N) is 2. The van der Waals surface area contributed by atoms with E-state index in [2.05, 4.69) is 48.0 Å². The molecule has 4 rings (SSSR count). The third-order valence-corrected chi connectivity index (χ3v) is 4.70. The first-order valence-electron chi connectivity index (χ1n) is 9.63. The van der Waals surface area contributed by atoms with Crippen LogP contribution in [0.3, 0.4) is 0 Å². The molecule has 0 spiro atoms. The average molecular weight is 439 g/mol. The Morgan fingerprint density at radius 2 is 1.88 bits per heavy atom. The fourth-order valence-corrected chi connectivity index (χ4v) is 3.27. The van der Waals surface area contributed by atoms with Gasteiger partial charge in [-0.3, -0.25) is 10.1 Å². The van der Waals surface area contributed by atoms with Crippen molar-refractivity contribution in [1.82, 2.24) is 30.0 Å². The van der Waals surface area contributed by atoms with Crippen LogP contribution in [0.4, 0.5) is 19.0 Å². The van der Waals surface area contributed by atoms with Gasteiger partial charge >= 0.3 is 6.18 Å². The number of aromatic nitrogens is 5. The summed E-state index contributed by atoms with van der Waals surface area (Å²) in [4.78, 5) is 13.6. The molecule has 0 fully saturated rings. The van der Waals surface area contributed by atoms with Crippen LogP contribution in [-0.2, 0) is 12.7 Å². The summed E-state index contributed by atoms with van der Waals surface area (Å²) in [6.45, 7) is 4.73. The van der Waals surface area contributed by atoms with Crippen LogP contribution in [0, 0.1) is 0 Å². The first-order chi connectivity index (χ1) is 15.2. The van der Waals surface area contributed by atoms with Gasteiger partial charge in [-0.05, 0) is 43.4 Å². The number of pyridine rings is 1. The van der Waals surface area contributed by atoms with Gasteiger partial charge in [-0.1, -0.05) is 12.6 Å². The Balaban J connectivity index is 1.61. The molecule has 0 aliphatic rings. The lowest BCUT2D eigenvalue weighted by Crippen LogP contribution is -2.10. The molecule has 0 atom stereocenters. The lowest BCUT2D eigenvalue weighted by Gasteiger charge is -2.11. The third-order valence-electron chi connectivity index (χ3n) is 4.70. The Morgan fingerprint density at radius 3 is 2.56 bits per heavy atom. The number of rotatable bonds is 6. The van der Waals surface area contributed by atoms with Crippen LogP contribution >= 0.6 is 0 Å². The maximum Gasteiger partial charge on any atom is 0.434 e. The molecule has 0 radical (unpaired) electrons. The number of anilines is 1. The van der Waals surface area contributed by atoms with E-state index in [1.165, 1.54) is 0 Å². The predicted molar refractivity (Wildman–Crippen MR) is 116 cm³/mol. The SMILES string of the molecule is C=C(Nc1cnc(C(F)(F)F)cn1)c1n[nH]c2ccc(-c3cncc(CN(C)C)c3)cc12. The van der Waals surface area contributed by atoms with Gasteiger partial charge in [-0.2, -0.15) is 18.3 Å². The molecular weight excluding hydrogens is 419 g/mol. The fraction of sp³-hybridized carbons (Fsp3) is 0.182. The van der Waals surface area contributed by atoms with Crippen LogP contribution in [0.25, 0.3) is 27.7 Å². The Bertz CT molecular complexity index is 1260. The van der Waals surface area contributed by atoms with Crippen molar-refractivity contribution in [1.29, 1.82) is 0 Å². The highest BCUT2D eigenvalue weighted by Gasteiger charge is 2.32. The number of aromatic amines is 1. The monoisotopic (exact) mass is 439 g/mol. The molecule has 0 unspecified atom stereocenters. The normalized spacial score (nSPS) is 11.8. The van der Waals surface area contributed by atoms with Gasteiger partial charge in [0.25, 0.3) is 0 Å². The van der Waals surface area contributed by atoms with Crippen molar-refractivity contribution in [2.75, 3.05) is 19.4 Å². The third kappa shape index (κ3) is 4.59. The minimum Gasteiger partial charge on any atom is -0.338 e. The fourth-order valence-electron chi connectivity index (χ4n) is 3.27. The molecule has 1 aromatic carbocycles. The lowest BCUT2D eigenvalue weighted by molar-refractivity contribution is -0.141. The lowest BCUT2D eigenvalue weighted by atomic mass is 10.0. The summed E-state index contributed by atoms with van der Waals surface area (Å²) < 4.78 is 38.0. The van der Waals surface area contributed by atoms with Gasteiger partial charge in [0.15, 0.2) is 5.69 Å². The molecule has 0 amide bonds. The Morgan fingerprint density at radius 1 is 1.06 bits per heavy atom. The summed E-state index contributed by atoms with van der Waals surface area (Å²) in [5.74, 6) is 0.135. The molecule has 0 saturated carbocycles. The van der Waals surface area contributed by atoms with Crippen molar-refractivity contribution in [3.63, 3.8) is 0 Å². The van der Waals surface area contributed by atoms with E-state index in [9.17, 15) is 13.2 Å². The second kappa shape index (κ2) is 8.39. The molecular formula is C22H20F3N7. The summed E-state index contributed by atoms with van der Waals surface area (Å²) in [6, 6.07) is 7.93. The summed E-state index contributed by atoms with van der Waals surface area (Å²) >= 11 is 0. The molecule has 3 aromatic heterocycles. The zero-order chi connectivity index (χ0) is 22.9. The number of alkyl halides is 3. The standard InChI is InChI=1S/C22H20F3N7/c1-13(29-20-11-27-19(10-28-20)22(23,24)25)21-17-7-15(4-5-18(17)30-31-21)16-6-14(8-26-9-16)12-32(2)3/h4-11H,1,12H2,2-3H3,(H,28,29)(H,30,31). The second-order valence-corrected chi connectivity index (χ2v) is 7.54. The quantitative estimate of drug-likeness (QED) is 0.458. The Kier molecular flexibility index (Phi) is 5.62. The molecule has 0 bridgehead atoms. The van der Waals surface area contributed by atoms with E-state index >= 15 is 0 Å². The summed E-state index contributed by atoms with van der Waals surface area (Å²) in [7, 11) is 3.99. The maximum atomic E-state index is 12.7. The van der Waals surface area contributed by atoms with Crippen molar-refractivity contribution in [2.45, 2.75) is 12.7 Å². The first-order valence-corrected chi connectivity index (χ1v) is 9.63. The van der Waals surface area contributed by atoms with E-state index in [1.54, 1.807) is 6.20 Å². The van der Waals surface area contributed by atoms with Gasteiger partial charge in [0.1, 0.15) is 11.5 Å². The number of hydrogen-bond donors (Lipinski definition) is 2. The molecule has 0 aliphatic carbocycles. The zero-order valence-corrected chi connectivity index (χ0v) is 17.4. The van der Waals surface area contributed by atoms with Crippen LogP contribution in [0.5, 0.6) is 0 Å². The number of fused-ring (bicyclic) bond motifs is 1. The summed E-state index contributed by atoms with van der Waals surface area (Å²) in [5, 5.41) is 10.9. The maximum absolute atomic E-state index is 12.7. The average Bonchev–Trinajstić information content (AvgIpc) is 3.16. The molecule has 0 saturated heterocycles. The second-order valence-electron chi connectivity index (χ2n) is 7.54.